The van der Waals surface area contributed by atoms with E-state index in [1.54, 1.807) is 6.07 Å². The summed E-state index contributed by atoms with van der Waals surface area (Å²) in [4.78, 5) is 15.6. The number of piperidine rings is 1. The fourth-order valence-electron chi connectivity index (χ4n) is 4.73. The van der Waals surface area contributed by atoms with Gasteiger partial charge in [-0.2, -0.15) is 5.26 Å². The van der Waals surface area contributed by atoms with E-state index in [-0.39, 0.29) is 11.8 Å². The molecular formula is C22H25N5O3. The number of rotatable bonds is 3. The van der Waals surface area contributed by atoms with Crippen molar-refractivity contribution in [2.75, 3.05) is 25.0 Å². The van der Waals surface area contributed by atoms with Crippen molar-refractivity contribution < 1.29 is 15.0 Å². The maximum absolute atomic E-state index is 11.4. The third-order valence-corrected chi connectivity index (χ3v) is 6.20. The molecule has 0 spiro atoms. The molecule has 0 saturated carbocycles. The van der Waals surface area contributed by atoms with Crippen LogP contribution in [0.3, 0.4) is 0 Å². The first-order valence-electron chi connectivity index (χ1n) is 10.2. The van der Waals surface area contributed by atoms with Crippen LogP contribution in [0.1, 0.15) is 36.0 Å². The first kappa shape index (κ1) is 20.1. The zero-order chi connectivity index (χ0) is 21.4. The smallest absolute Gasteiger partial charge is 0.320 e. The van der Waals surface area contributed by atoms with Gasteiger partial charge in [0.2, 0.25) is 0 Å². The maximum Gasteiger partial charge on any atom is 0.320 e. The van der Waals surface area contributed by atoms with Crippen LogP contribution in [0.5, 0.6) is 5.75 Å². The standard InChI is InChI=1S/C22H25N5O3/c1-13-8-14(11-23)9-19(28)20(13)17-10-15-4-3-7-27(21(15)25-24-17)16-5-6-18(22(29)30)26(2)12-16/h8-10,16,18,28H,3-7,12H2,1-2H3,(H,29,30)/t16-,18+/m1/s1. The molecule has 4 rings (SSSR count). The highest BCUT2D eigenvalue weighted by Gasteiger charge is 2.35. The van der Waals surface area contributed by atoms with Gasteiger partial charge in [0, 0.05) is 24.7 Å². The number of phenols is 1. The number of benzene rings is 1. The summed E-state index contributed by atoms with van der Waals surface area (Å²) in [6.45, 7) is 3.40. The molecule has 2 aromatic rings. The highest BCUT2D eigenvalue weighted by Crippen LogP contribution is 2.36. The number of aryl methyl sites for hydroxylation is 2. The second kappa shape index (κ2) is 7.92. The topological polar surface area (TPSA) is 114 Å². The van der Waals surface area contributed by atoms with Crippen molar-refractivity contribution in [3.05, 3.63) is 34.9 Å². The minimum Gasteiger partial charge on any atom is -0.507 e. The van der Waals surface area contributed by atoms with Crippen molar-refractivity contribution in [1.82, 2.24) is 15.1 Å². The number of carbonyl (C=O) groups is 1. The molecule has 0 amide bonds. The Hall–Kier alpha value is -3.18. The van der Waals surface area contributed by atoms with Crippen LogP contribution in [0.15, 0.2) is 18.2 Å². The van der Waals surface area contributed by atoms with Gasteiger partial charge in [-0.15, -0.1) is 10.2 Å². The number of likely N-dealkylation sites (tertiary alicyclic amines) is 1. The summed E-state index contributed by atoms with van der Waals surface area (Å²) in [5, 5.41) is 37.8. The van der Waals surface area contributed by atoms with Crippen LogP contribution in [0.25, 0.3) is 11.3 Å². The van der Waals surface area contributed by atoms with Gasteiger partial charge in [0.1, 0.15) is 11.8 Å². The van der Waals surface area contributed by atoms with E-state index in [4.69, 9.17) is 5.26 Å². The number of aromatic hydroxyl groups is 1. The number of nitrogens with zero attached hydrogens (tertiary/aromatic N) is 5. The number of likely N-dealkylation sites (N-methyl/N-ethyl adjacent to an activating group) is 1. The number of aromatic nitrogens is 2. The van der Waals surface area contributed by atoms with Gasteiger partial charge >= 0.3 is 5.97 Å². The van der Waals surface area contributed by atoms with Crippen molar-refractivity contribution >= 4 is 11.8 Å². The zero-order valence-electron chi connectivity index (χ0n) is 17.2. The van der Waals surface area contributed by atoms with E-state index in [0.29, 0.717) is 29.8 Å². The van der Waals surface area contributed by atoms with Crippen molar-refractivity contribution in [2.45, 2.75) is 44.7 Å². The summed E-state index contributed by atoms with van der Waals surface area (Å²) in [6, 6.07) is 6.99. The van der Waals surface area contributed by atoms with Gasteiger partial charge in [-0.3, -0.25) is 9.69 Å². The number of aliphatic carboxylic acids is 1. The van der Waals surface area contributed by atoms with E-state index in [2.05, 4.69) is 15.1 Å². The molecule has 2 atom stereocenters. The molecule has 1 aromatic carbocycles. The lowest BCUT2D eigenvalue weighted by molar-refractivity contribution is -0.144. The summed E-state index contributed by atoms with van der Waals surface area (Å²) in [5.74, 6) is 0.113. The molecule has 8 nitrogen and oxygen atoms in total. The zero-order valence-corrected chi connectivity index (χ0v) is 17.2. The third-order valence-electron chi connectivity index (χ3n) is 6.20. The molecule has 0 unspecified atom stereocenters. The molecule has 2 aliphatic heterocycles. The van der Waals surface area contributed by atoms with Gasteiger partial charge in [0.05, 0.1) is 17.3 Å². The fraction of sp³-hybridized carbons (Fsp3) is 0.455. The van der Waals surface area contributed by atoms with Gasteiger partial charge in [-0.05, 0) is 69.0 Å². The second-order valence-electron chi connectivity index (χ2n) is 8.20. The molecule has 1 fully saturated rings. The molecule has 3 heterocycles. The molecule has 2 aliphatic rings. The number of fused-ring (bicyclic) bond motifs is 1. The van der Waals surface area contributed by atoms with Gasteiger partial charge < -0.3 is 15.1 Å². The Morgan fingerprint density at radius 1 is 1.27 bits per heavy atom. The highest BCUT2D eigenvalue weighted by atomic mass is 16.4. The van der Waals surface area contributed by atoms with Crippen LogP contribution < -0.4 is 4.90 Å². The maximum atomic E-state index is 11.4. The summed E-state index contributed by atoms with van der Waals surface area (Å²) in [5.41, 5.74) is 3.47. The monoisotopic (exact) mass is 407 g/mol. The van der Waals surface area contributed by atoms with E-state index in [0.717, 1.165) is 42.8 Å². The van der Waals surface area contributed by atoms with Gasteiger partial charge in [0.25, 0.3) is 0 Å². The van der Waals surface area contributed by atoms with E-state index in [1.807, 2.05) is 31.0 Å². The van der Waals surface area contributed by atoms with Crippen molar-refractivity contribution in [2.24, 2.45) is 0 Å². The van der Waals surface area contributed by atoms with E-state index in [1.165, 1.54) is 6.07 Å². The largest absolute Gasteiger partial charge is 0.507 e. The lowest BCUT2D eigenvalue weighted by Gasteiger charge is -2.43. The van der Waals surface area contributed by atoms with Crippen LogP contribution in [0.4, 0.5) is 5.82 Å². The summed E-state index contributed by atoms with van der Waals surface area (Å²) in [7, 11) is 1.86. The molecule has 8 heteroatoms. The molecular weight excluding hydrogens is 382 g/mol. The average molecular weight is 407 g/mol. The number of hydrogen-bond acceptors (Lipinski definition) is 7. The SMILES string of the molecule is Cc1cc(C#N)cc(O)c1-c1cc2c(nn1)N([C@@H]1CC[C@@H](C(=O)O)N(C)C1)CCC2. The van der Waals surface area contributed by atoms with Crippen LogP contribution in [-0.4, -0.2) is 63.5 Å². The first-order chi connectivity index (χ1) is 14.4. The van der Waals surface area contributed by atoms with E-state index < -0.39 is 12.0 Å². The fourth-order valence-corrected chi connectivity index (χ4v) is 4.73. The molecule has 1 saturated heterocycles. The first-order valence-corrected chi connectivity index (χ1v) is 10.2. The second-order valence-corrected chi connectivity index (χ2v) is 8.20. The molecule has 156 valence electrons. The Labute approximate surface area is 175 Å². The molecule has 2 N–H and O–H groups in total. The number of carboxylic acids is 1. The highest BCUT2D eigenvalue weighted by molar-refractivity contribution is 5.74. The lowest BCUT2D eigenvalue weighted by atomic mass is 9.94. The molecule has 0 radical (unpaired) electrons. The van der Waals surface area contributed by atoms with Crippen LogP contribution >= 0.6 is 0 Å². The molecule has 0 bridgehead atoms. The van der Waals surface area contributed by atoms with Crippen LogP contribution in [-0.2, 0) is 11.2 Å². The Kier molecular flexibility index (Phi) is 5.31. The van der Waals surface area contributed by atoms with Crippen molar-refractivity contribution in [3.8, 4) is 23.1 Å². The number of anilines is 1. The molecule has 1 aromatic heterocycles. The predicted octanol–water partition coefficient (Wildman–Crippen LogP) is 2.33. The lowest BCUT2D eigenvalue weighted by Crippen LogP contribution is -2.54. The van der Waals surface area contributed by atoms with Crippen LogP contribution in [0, 0.1) is 18.3 Å². The van der Waals surface area contributed by atoms with Crippen LogP contribution in [0.2, 0.25) is 0 Å². The summed E-state index contributed by atoms with van der Waals surface area (Å²) < 4.78 is 0. The van der Waals surface area contributed by atoms with Gasteiger partial charge in [-0.1, -0.05) is 0 Å². The number of hydrogen-bond donors (Lipinski definition) is 2. The van der Waals surface area contributed by atoms with Crippen molar-refractivity contribution in [3.63, 3.8) is 0 Å². The Bertz CT molecular complexity index is 1010. The third kappa shape index (κ3) is 3.57. The summed E-state index contributed by atoms with van der Waals surface area (Å²) >= 11 is 0. The number of phenolic OH excluding ortho intramolecular Hbond substituents is 1. The normalized spacial score (nSPS) is 21.7. The van der Waals surface area contributed by atoms with Gasteiger partial charge in [0.15, 0.2) is 5.82 Å². The predicted molar refractivity (Wildman–Crippen MR) is 111 cm³/mol. The molecule has 0 aliphatic carbocycles. The Morgan fingerprint density at radius 3 is 2.73 bits per heavy atom. The van der Waals surface area contributed by atoms with E-state index in [9.17, 15) is 15.0 Å². The molecule has 30 heavy (non-hydrogen) atoms. The number of nitriles is 1. The number of carboxylic acid groups (broad SMARTS) is 1. The van der Waals surface area contributed by atoms with Gasteiger partial charge in [-0.25, -0.2) is 0 Å². The van der Waals surface area contributed by atoms with Crippen molar-refractivity contribution in [1.29, 1.82) is 5.26 Å². The minimum absolute atomic E-state index is 0.0297. The van der Waals surface area contributed by atoms with E-state index >= 15 is 0 Å². The average Bonchev–Trinajstić information content (AvgIpc) is 2.72. The Balaban J connectivity index is 1.63. The quantitative estimate of drug-likeness (QED) is 0.797. The Morgan fingerprint density at radius 2 is 2.07 bits per heavy atom. The summed E-state index contributed by atoms with van der Waals surface area (Å²) in [6.07, 6.45) is 3.29. The minimum atomic E-state index is -0.767.